The van der Waals surface area contributed by atoms with Gasteiger partial charge in [0.15, 0.2) is 0 Å². The van der Waals surface area contributed by atoms with Gasteiger partial charge in [0, 0.05) is 5.69 Å². The summed E-state index contributed by atoms with van der Waals surface area (Å²) in [5, 5.41) is 17.3. The molecular weight excluding hydrogens is 282 g/mol. The van der Waals surface area contributed by atoms with E-state index in [4.69, 9.17) is 5.26 Å². The van der Waals surface area contributed by atoms with E-state index in [1.807, 2.05) is 25.1 Å². The quantitative estimate of drug-likeness (QED) is 0.905. The van der Waals surface area contributed by atoms with E-state index in [0.29, 0.717) is 10.6 Å². The first kappa shape index (κ1) is 15.1. The third-order valence-electron chi connectivity index (χ3n) is 3.31. The summed E-state index contributed by atoms with van der Waals surface area (Å²) in [4.78, 5) is 12.2. The number of benzene rings is 1. The number of carbonyl (C=O) groups excluding carboxylic acids is 1. The van der Waals surface area contributed by atoms with Crippen LogP contribution in [0.25, 0.3) is 0 Å². The first-order chi connectivity index (χ1) is 10.0. The average Bonchev–Trinajstić information content (AvgIpc) is 2.90. The van der Waals surface area contributed by atoms with E-state index in [1.54, 1.807) is 18.4 Å². The Balaban J connectivity index is 2.03. The van der Waals surface area contributed by atoms with Gasteiger partial charge in [-0.15, -0.1) is 11.3 Å². The Kier molecular flexibility index (Phi) is 4.61. The molecule has 0 unspecified atom stereocenters. The van der Waals surface area contributed by atoms with E-state index in [0.717, 1.165) is 5.69 Å². The Morgan fingerprint density at radius 1 is 1.29 bits per heavy atom. The van der Waals surface area contributed by atoms with Crippen LogP contribution < -0.4 is 10.6 Å². The highest BCUT2D eigenvalue weighted by molar-refractivity contribution is 7.14. The third kappa shape index (κ3) is 3.61. The normalized spacial score (nSPS) is 11.5. The molecule has 2 aromatic rings. The van der Waals surface area contributed by atoms with E-state index in [9.17, 15) is 4.79 Å². The van der Waals surface area contributed by atoms with Crippen molar-refractivity contribution in [1.82, 2.24) is 0 Å². The standard InChI is InChI=1S/C16H17N3OS/c1-10-4-5-14(8-11(10)2)18-12(3)15(20)19-16-13(9-17)6-7-21-16/h4-8,12,18H,1-3H3,(H,19,20)/t12-/m0/s1. The van der Waals surface area contributed by atoms with Crippen LogP contribution in [0.3, 0.4) is 0 Å². The van der Waals surface area contributed by atoms with Crippen molar-refractivity contribution in [3.63, 3.8) is 0 Å². The lowest BCUT2D eigenvalue weighted by Gasteiger charge is -2.15. The van der Waals surface area contributed by atoms with Crippen LogP contribution in [-0.2, 0) is 4.79 Å². The van der Waals surface area contributed by atoms with Gasteiger partial charge in [-0.25, -0.2) is 0 Å². The molecule has 1 heterocycles. The van der Waals surface area contributed by atoms with Gasteiger partial charge in [0.2, 0.25) is 5.91 Å². The molecule has 0 aliphatic carbocycles. The van der Waals surface area contributed by atoms with Gasteiger partial charge in [-0.1, -0.05) is 6.07 Å². The molecule has 2 N–H and O–H groups in total. The van der Waals surface area contributed by atoms with Gasteiger partial charge >= 0.3 is 0 Å². The first-order valence-corrected chi connectivity index (χ1v) is 7.51. The number of rotatable bonds is 4. The van der Waals surface area contributed by atoms with Crippen LogP contribution in [0.4, 0.5) is 10.7 Å². The minimum absolute atomic E-state index is 0.160. The molecule has 5 heteroatoms. The molecule has 0 bridgehead atoms. The Hall–Kier alpha value is -2.32. The molecule has 0 radical (unpaired) electrons. The number of hydrogen-bond acceptors (Lipinski definition) is 4. The van der Waals surface area contributed by atoms with Gasteiger partial charge in [-0.05, 0) is 55.5 Å². The molecule has 1 amide bonds. The van der Waals surface area contributed by atoms with Gasteiger partial charge in [-0.2, -0.15) is 5.26 Å². The minimum atomic E-state index is -0.388. The molecular formula is C16H17N3OS. The predicted molar refractivity (Wildman–Crippen MR) is 86.7 cm³/mol. The maximum absolute atomic E-state index is 12.2. The molecule has 0 fully saturated rings. The monoisotopic (exact) mass is 299 g/mol. The minimum Gasteiger partial charge on any atom is -0.374 e. The van der Waals surface area contributed by atoms with Crippen LogP contribution in [0.15, 0.2) is 29.6 Å². The highest BCUT2D eigenvalue weighted by Gasteiger charge is 2.15. The number of hydrogen-bond donors (Lipinski definition) is 2. The summed E-state index contributed by atoms with van der Waals surface area (Å²) in [5.74, 6) is -0.160. The van der Waals surface area contributed by atoms with Crippen LogP contribution >= 0.6 is 11.3 Å². The molecule has 4 nitrogen and oxygen atoms in total. The molecule has 0 saturated carbocycles. The maximum Gasteiger partial charge on any atom is 0.247 e. The van der Waals surface area contributed by atoms with Gasteiger partial charge in [0.05, 0.1) is 5.56 Å². The highest BCUT2D eigenvalue weighted by Crippen LogP contribution is 2.22. The Morgan fingerprint density at radius 2 is 2.05 bits per heavy atom. The van der Waals surface area contributed by atoms with E-state index in [1.165, 1.54) is 22.5 Å². The number of nitriles is 1. The first-order valence-electron chi connectivity index (χ1n) is 6.63. The van der Waals surface area contributed by atoms with Gasteiger partial charge < -0.3 is 10.6 Å². The molecule has 108 valence electrons. The SMILES string of the molecule is Cc1ccc(N[C@@H](C)C(=O)Nc2sccc2C#N)cc1C. The summed E-state index contributed by atoms with van der Waals surface area (Å²) in [7, 11) is 0. The van der Waals surface area contributed by atoms with Crippen LogP contribution in [0.1, 0.15) is 23.6 Å². The van der Waals surface area contributed by atoms with E-state index >= 15 is 0 Å². The molecule has 0 aliphatic heterocycles. The number of nitrogens with zero attached hydrogens (tertiary/aromatic N) is 1. The van der Waals surface area contributed by atoms with Crippen LogP contribution in [0.2, 0.25) is 0 Å². The zero-order chi connectivity index (χ0) is 15.4. The summed E-state index contributed by atoms with van der Waals surface area (Å²) < 4.78 is 0. The van der Waals surface area contributed by atoms with Crippen LogP contribution in [0.5, 0.6) is 0 Å². The largest absolute Gasteiger partial charge is 0.374 e. The molecule has 21 heavy (non-hydrogen) atoms. The third-order valence-corrected chi connectivity index (χ3v) is 4.14. The summed E-state index contributed by atoms with van der Waals surface area (Å²) in [6.45, 7) is 5.88. The summed E-state index contributed by atoms with van der Waals surface area (Å²) in [6.07, 6.45) is 0. The molecule has 0 saturated heterocycles. The summed E-state index contributed by atoms with van der Waals surface area (Å²) >= 11 is 1.35. The van der Waals surface area contributed by atoms with Crippen molar-refractivity contribution >= 4 is 27.9 Å². The molecule has 0 spiro atoms. The van der Waals surface area contributed by atoms with Crippen molar-refractivity contribution < 1.29 is 4.79 Å². The number of carbonyl (C=O) groups is 1. The smallest absolute Gasteiger partial charge is 0.247 e. The van der Waals surface area contributed by atoms with Crippen molar-refractivity contribution in [2.24, 2.45) is 0 Å². The lowest BCUT2D eigenvalue weighted by molar-refractivity contribution is -0.116. The van der Waals surface area contributed by atoms with Crippen LogP contribution in [-0.4, -0.2) is 11.9 Å². The van der Waals surface area contributed by atoms with E-state index in [2.05, 4.69) is 23.6 Å². The highest BCUT2D eigenvalue weighted by atomic mass is 32.1. The zero-order valence-corrected chi connectivity index (χ0v) is 13.0. The topological polar surface area (TPSA) is 64.9 Å². The lowest BCUT2D eigenvalue weighted by Crippen LogP contribution is -2.31. The second-order valence-corrected chi connectivity index (χ2v) is 5.85. The van der Waals surface area contributed by atoms with Crippen molar-refractivity contribution in [3.8, 4) is 6.07 Å². The van der Waals surface area contributed by atoms with E-state index < -0.39 is 0 Å². The second kappa shape index (κ2) is 6.42. The number of aryl methyl sites for hydroxylation is 2. The molecule has 1 aromatic heterocycles. The number of nitrogens with one attached hydrogen (secondary N) is 2. The fourth-order valence-electron chi connectivity index (χ4n) is 1.86. The fraction of sp³-hybridized carbons (Fsp3) is 0.250. The Labute approximate surface area is 128 Å². The molecule has 2 rings (SSSR count). The molecule has 0 aliphatic rings. The molecule has 1 atom stereocenters. The number of amides is 1. The van der Waals surface area contributed by atoms with Crippen molar-refractivity contribution in [2.45, 2.75) is 26.8 Å². The average molecular weight is 299 g/mol. The van der Waals surface area contributed by atoms with Gasteiger partial charge in [0.1, 0.15) is 17.1 Å². The predicted octanol–water partition coefficient (Wildman–Crippen LogP) is 3.68. The Morgan fingerprint density at radius 3 is 2.71 bits per heavy atom. The zero-order valence-electron chi connectivity index (χ0n) is 12.2. The van der Waals surface area contributed by atoms with Gasteiger partial charge in [0.25, 0.3) is 0 Å². The second-order valence-electron chi connectivity index (χ2n) is 4.93. The molecule has 1 aromatic carbocycles. The number of thiophene rings is 1. The van der Waals surface area contributed by atoms with Crippen molar-refractivity contribution in [1.29, 1.82) is 5.26 Å². The van der Waals surface area contributed by atoms with Crippen LogP contribution in [0, 0.1) is 25.2 Å². The van der Waals surface area contributed by atoms with Crippen molar-refractivity contribution in [2.75, 3.05) is 10.6 Å². The van der Waals surface area contributed by atoms with E-state index in [-0.39, 0.29) is 11.9 Å². The summed E-state index contributed by atoms with van der Waals surface area (Å²) in [5.41, 5.74) is 3.80. The summed E-state index contributed by atoms with van der Waals surface area (Å²) in [6, 6.07) is 9.36. The van der Waals surface area contributed by atoms with Gasteiger partial charge in [-0.3, -0.25) is 4.79 Å². The van der Waals surface area contributed by atoms with Crippen molar-refractivity contribution in [3.05, 3.63) is 46.3 Å². The maximum atomic E-state index is 12.2. The fourth-order valence-corrected chi connectivity index (χ4v) is 2.60. The Bertz CT molecular complexity index is 700. The lowest BCUT2D eigenvalue weighted by atomic mass is 10.1. The number of anilines is 2.